The number of hydrogen-bond donors (Lipinski definition) is 2. The number of carbonyl (C=O) groups excluding carboxylic acids is 2. The highest BCUT2D eigenvalue weighted by molar-refractivity contribution is 7.58. The van der Waals surface area contributed by atoms with Crippen LogP contribution in [-0.2, 0) is 22.2 Å². The van der Waals surface area contributed by atoms with Gasteiger partial charge in [-0.3, -0.25) is 9.59 Å². The Morgan fingerprint density at radius 2 is 1.59 bits per heavy atom. The fourth-order valence-corrected chi connectivity index (χ4v) is 1.25. The van der Waals surface area contributed by atoms with Gasteiger partial charge in [-0.1, -0.05) is 20.8 Å². The molecular formula is C12H23N2O2S-. The first kappa shape index (κ1) is 16.3. The Kier molecular flexibility index (Phi) is 5.52. The van der Waals surface area contributed by atoms with Crippen LogP contribution in [0.15, 0.2) is 0 Å². The van der Waals surface area contributed by atoms with Crippen molar-refractivity contribution in [2.24, 2.45) is 5.41 Å². The lowest BCUT2D eigenvalue weighted by Crippen LogP contribution is -2.55. The molecule has 1 atom stereocenters. The van der Waals surface area contributed by atoms with Crippen LogP contribution < -0.4 is 10.6 Å². The molecule has 4 nitrogen and oxygen atoms in total. The number of amides is 2. The lowest BCUT2D eigenvalue weighted by molar-refractivity contribution is -0.133. The van der Waals surface area contributed by atoms with E-state index < -0.39 is 11.5 Å². The maximum atomic E-state index is 11.9. The van der Waals surface area contributed by atoms with E-state index in [1.807, 2.05) is 20.8 Å². The summed E-state index contributed by atoms with van der Waals surface area (Å²) in [4.78, 5) is 23.6. The summed E-state index contributed by atoms with van der Waals surface area (Å²) >= 11 is 4.90. The molecule has 100 valence electrons. The van der Waals surface area contributed by atoms with Gasteiger partial charge in [-0.15, -0.1) is 5.75 Å². The Labute approximate surface area is 109 Å². The number of hydrogen-bond acceptors (Lipinski definition) is 3. The Bertz CT molecular complexity index is 290. The van der Waals surface area contributed by atoms with Gasteiger partial charge < -0.3 is 23.3 Å². The van der Waals surface area contributed by atoms with E-state index in [9.17, 15) is 9.59 Å². The topological polar surface area (TPSA) is 58.2 Å². The van der Waals surface area contributed by atoms with E-state index in [-0.39, 0.29) is 23.1 Å². The van der Waals surface area contributed by atoms with Gasteiger partial charge in [0.05, 0.1) is 6.04 Å². The average molecular weight is 259 g/mol. The Hall–Kier alpha value is -0.710. The molecule has 0 aromatic carbocycles. The minimum atomic E-state index is -0.643. The van der Waals surface area contributed by atoms with Crippen molar-refractivity contribution in [2.75, 3.05) is 5.75 Å². The predicted octanol–water partition coefficient (Wildman–Crippen LogP) is 0.979. The largest absolute Gasteiger partial charge is 0.790 e. The van der Waals surface area contributed by atoms with Crippen molar-refractivity contribution >= 4 is 24.4 Å². The molecule has 0 aliphatic carbocycles. The standard InChI is InChI=1S/C12H24N2O2S/c1-11(2,3)10(16)13-8(7-17)9(15)14-12(4,5)6/h8,17H,7H2,1-6H3,(H,13,16)(H,14,15)/p-1. The van der Waals surface area contributed by atoms with Crippen molar-refractivity contribution in [1.82, 2.24) is 10.6 Å². The maximum absolute atomic E-state index is 11.9. The van der Waals surface area contributed by atoms with Gasteiger partial charge in [0.15, 0.2) is 0 Å². The number of rotatable bonds is 3. The van der Waals surface area contributed by atoms with Crippen LogP contribution in [0.3, 0.4) is 0 Å². The van der Waals surface area contributed by atoms with Gasteiger partial charge in [0.2, 0.25) is 11.8 Å². The minimum absolute atomic E-state index is 0.170. The second-order valence-corrected chi connectivity index (χ2v) is 6.52. The van der Waals surface area contributed by atoms with Gasteiger partial charge in [-0.05, 0) is 20.8 Å². The molecule has 0 bridgehead atoms. The van der Waals surface area contributed by atoms with Crippen molar-refractivity contribution in [3.05, 3.63) is 0 Å². The molecule has 0 aromatic rings. The van der Waals surface area contributed by atoms with Gasteiger partial charge in [-0.2, -0.15) is 0 Å². The lowest BCUT2D eigenvalue weighted by Gasteiger charge is -2.29. The van der Waals surface area contributed by atoms with Crippen LogP contribution in [0.2, 0.25) is 0 Å². The molecule has 0 heterocycles. The highest BCUT2D eigenvalue weighted by Crippen LogP contribution is 2.13. The van der Waals surface area contributed by atoms with Crippen LogP contribution in [0.4, 0.5) is 0 Å². The Balaban J connectivity index is 4.55. The summed E-state index contributed by atoms with van der Waals surface area (Å²) in [5, 5.41) is 5.48. The molecule has 0 spiro atoms. The SMILES string of the molecule is CC(C)(C)NC(=O)C(C[S-])NC(=O)C(C)(C)C. The fraction of sp³-hybridized carbons (Fsp3) is 0.833. The van der Waals surface area contributed by atoms with Crippen LogP contribution in [-0.4, -0.2) is 29.1 Å². The molecule has 0 saturated heterocycles. The fourth-order valence-electron chi connectivity index (χ4n) is 1.01. The monoisotopic (exact) mass is 259 g/mol. The van der Waals surface area contributed by atoms with Crippen molar-refractivity contribution in [3.63, 3.8) is 0 Å². The highest BCUT2D eigenvalue weighted by Gasteiger charge is 2.26. The van der Waals surface area contributed by atoms with Crippen LogP contribution in [0, 0.1) is 5.41 Å². The molecule has 17 heavy (non-hydrogen) atoms. The molecule has 0 aliphatic heterocycles. The molecule has 1 unspecified atom stereocenters. The van der Waals surface area contributed by atoms with E-state index in [1.165, 1.54) is 0 Å². The van der Waals surface area contributed by atoms with Gasteiger partial charge in [0.1, 0.15) is 0 Å². The summed E-state index contributed by atoms with van der Waals surface area (Å²) in [5.41, 5.74) is -0.850. The first-order valence-electron chi connectivity index (χ1n) is 5.68. The van der Waals surface area contributed by atoms with E-state index in [0.717, 1.165) is 0 Å². The maximum Gasteiger partial charge on any atom is 0.240 e. The molecule has 0 fully saturated rings. The zero-order chi connectivity index (χ0) is 13.9. The van der Waals surface area contributed by atoms with E-state index in [4.69, 9.17) is 12.6 Å². The first-order chi connectivity index (χ1) is 7.47. The van der Waals surface area contributed by atoms with Crippen molar-refractivity contribution in [2.45, 2.75) is 53.1 Å². The lowest BCUT2D eigenvalue weighted by atomic mass is 9.95. The molecule has 0 rings (SSSR count). The summed E-state index contributed by atoms with van der Waals surface area (Å²) in [6, 6.07) is -0.643. The third-order valence-electron chi connectivity index (χ3n) is 1.97. The van der Waals surface area contributed by atoms with Crippen molar-refractivity contribution in [3.8, 4) is 0 Å². The van der Waals surface area contributed by atoms with E-state index in [1.54, 1.807) is 20.8 Å². The second-order valence-electron chi connectivity index (χ2n) is 6.18. The quantitative estimate of drug-likeness (QED) is 0.743. The predicted molar refractivity (Wildman–Crippen MR) is 71.5 cm³/mol. The molecule has 0 saturated carbocycles. The van der Waals surface area contributed by atoms with Crippen LogP contribution >= 0.6 is 0 Å². The summed E-state index contributed by atoms with van der Waals surface area (Å²) in [5.74, 6) is -0.231. The molecule has 0 aliphatic rings. The highest BCUT2D eigenvalue weighted by atomic mass is 32.1. The molecular weight excluding hydrogens is 236 g/mol. The normalized spacial score (nSPS) is 14.1. The van der Waals surface area contributed by atoms with Gasteiger partial charge >= 0.3 is 0 Å². The van der Waals surface area contributed by atoms with E-state index >= 15 is 0 Å². The smallest absolute Gasteiger partial charge is 0.240 e. The average Bonchev–Trinajstić information content (AvgIpc) is 2.08. The van der Waals surface area contributed by atoms with E-state index in [2.05, 4.69) is 10.6 Å². The molecule has 2 amide bonds. The van der Waals surface area contributed by atoms with Crippen molar-refractivity contribution < 1.29 is 9.59 Å². The van der Waals surface area contributed by atoms with Gasteiger partial charge in [0, 0.05) is 11.0 Å². The van der Waals surface area contributed by atoms with E-state index in [0.29, 0.717) is 0 Å². The van der Waals surface area contributed by atoms with Crippen LogP contribution in [0.5, 0.6) is 0 Å². The summed E-state index contributed by atoms with van der Waals surface area (Å²) in [6.07, 6.45) is 0. The molecule has 0 radical (unpaired) electrons. The summed E-state index contributed by atoms with van der Waals surface area (Å²) in [6.45, 7) is 11.0. The number of nitrogens with one attached hydrogen (secondary N) is 2. The molecule has 2 N–H and O–H groups in total. The zero-order valence-electron chi connectivity index (χ0n) is 11.5. The third kappa shape index (κ3) is 6.56. The molecule has 0 aromatic heterocycles. The first-order valence-corrected chi connectivity index (χ1v) is 6.26. The third-order valence-corrected chi connectivity index (χ3v) is 2.30. The zero-order valence-corrected chi connectivity index (χ0v) is 12.3. The van der Waals surface area contributed by atoms with Crippen molar-refractivity contribution in [1.29, 1.82) is 0 Å². The number of carbonyl (C=O) groups is 2. The van der Waals surface area contributed by atoms with Gasteiger partial charge in [-0.25, -0.2) is 0 Å². The minimum Gasteiger partial charge on any atom is -0.790 e. The van der Waals surface area contributed by atoms with Crippen LogP contribution in [0.25, 0.3) is 0 Å². The Morgan fingerprint density at radius 1 is 1.12 bits per heavy atom. The summed E-state index contributed by atoms with van der Waals surface area (Å²) < 4.78 is 0. The molecule has 5 heteroatoms. The Morgan fingerprint density at radius 3 is 1.88 bits per heavy atom. The van der Waals surface area contributed by atoms with Gasteiger partial charge in [0.25, 0.3) is 0 Å². The summed E-state index contributed by atoms with van der Waals surface area (Å²) in [7, 11) is 0. The van der Waals surface area contributed by atoms with Crippen LogP contribution in [0.1, 0.15) is 41.5 Å². The second kappa shape index (κ2) is 5.76.